The Balaban J connectivity index is 2.56. The zero-order valence-corrected chi connectivity index (χ0v) is 13.6. The normalized spacial score (nSPS) is 11.4. The highest BCUT2D eigenvalue weighted by atomic mass is 35.5. The summed E-state index contributed by atoms with van der Waals surface area (Å²) in [5.74, 6) is 0.437. The van der Waals surface area contributed by atoms with Gasteiger partial charge in [-0.3, -0.25) is 4.90 Å². The monoisotopic (exact) mass is 301 g/mol. The first-order valence-corrected chi connectivity index (χ1v) is 7.35. The Morgan fingerprint density at radius 1 is 1.15 bits per heavy atom. The molecule has 0 aliphatic heterocycles. The van der Waals surface area contributed by atoms with Crippen molar-refractivity contribution in [2.24, 2.45) is 0 Å². The molecular formula is C13H24ClN5O. The van der Waals surface area contributed by atoms with Gasteiger partial charge in [-0.2, -0.15) is 15.0 Å². The number of rotatable bonds is 8. The number of anilines is 1. The Bertz CT molecular complexity index is 406. The van der Waals surface area contributed by atoms with Crippen molar-refractivity contribution in [2.75, 3.05) is 25.0 Å². The Labute approximate surface area is 125 Å². The SMILES string of the molecule is CCNc1nc(Cl)nc(OCCN(C(C)C)C(C)C)n1. The molecule has 0 aromatic carbocycles. The molecule has 0 bridgehead atoms. The molecule has 114 valence electrons. The molecule has 0 amide bonds. The number of hydrogen-bond acceptors (Lipinski definition) is 6. The van der Waals surface area contributed by atoms with Gasteiger partial charge >= 0.3 is 6.01 Å². The summed E-state index contributed by atoms with van der Waals surface area (Å²) in [7, 11) is 0. The standard InChI is InChI=1S/C13H24ClN5O/c1-6-15-12-16-11(14)17-13(18-12)20-8-7-19(9(2)3)10(4)5/h9-10H,6-8H2,1-5H3,(H,15,16,17,18). The molecule has 0 saturated carbocycles. The van der Waals surface area contributed by atoms with Crippen LogP contribution in [0.5, 0.6) is 6.01 Å². The molecule has 0 radical (unpaired) electrons. The fourth-order valence-corrected chi connectivity index (χ4v) is 2.14. The topological polar surface area (TPSA) is 63.2 Å². The van der Waals surface area contributed by atoms with E-state index in [1.165, 1.54) is 0 Å². The van der Waals surface area contributed by atoms with Gasteiger partial charge in [-0.1, -0.05) is 0 Å². The van der Waals surface area contributed by atoms with Crippen LogP contribution in [0.1, 0.15) is 34.6 Å². The van der Waals surface area contributed by atoms with E-state index < -0.39 is 0 Å². The molecule has 0 aliphatic carbocycles. The van der Waals surface area contributed by atoms with Crippen LogP contribution >= 0.6 is 11.6 Å². The van der Waals surface area contributed by atoms with Gasteiger partial charge in [0.1, 0.15) is 6.61 Å². The lowest BCUT2D eigenvalue weighted by Crippen LogP contribution is -2.39. The first-order valence-electron chi connectivity index (χ1n) is 6.98. The summed E-state index contributed by atoms with van der Waals surface area (Å²) in [6.07, 6.45) is 0. The molecule has 0 unspecified atom stereocenters. The zero-order valence-electron chi connectivity index (χ0n) is 12.9. The van der Waals surface area contributed by atoms with Crippen LogP contribution in [0.15, 0.2) is 0 Å². The summed E-state index contributed by atoms with van der Waals surface area (Å²) in [5, 5.41) is 3.12. The van der Waals surface area contributed by atoms with Crippen molar-refractivity contribution in [2.45, 2.75) is 46.7 Å². The second kappa shape index (κ2) is 8.21. The van der Waals surface area contributed by atoms with Crippen molar-refractivity contribution in [1.29, 1.82) is 0 Å². The molecule has 1 aromatic heterocycles. The van der Waals surface area contributed by atoms with Crippen molar-refractivity contribution in [3.63, 3.8) is 0 Å². The molecule has 1 rings (SSSR count). The van der Waals surface area contributed by atoms with Crippen LogP contribution in [0.2, 0.25) is 5.28 Å². The largest absolute Gasteiger partial charge is 0.462 e. The Morgan fingerprint density at radius 3 is 2.35 bits per heavy atom. The van der Waals surface area contributed by atoms with Crippen molar-refractivity contribution in [1.82, 2.24) is 19.9 Å². The van der Waals surface area contributed by atoms with Crippen LogP contribution in [-0.4, -0.2) is 51.6 Å². The van der Waals surface area contributed by atoms with Gasteiger partial charge in [0.25, 0.3) is 0 Å². The average Bonchev–Trinajstić information content (AvgIpc) is 2.33. The maximum absolute atomic E-state index is 5.84. The number of aromatic nitrogens is 3. The van der Waals surface area contributed by atoms with E-state index in [2.05, 4.69) is 52.9 Å². The molecule has 20 heavy (non-hydrogen) atoms. The van der Waals surface area contributed by atoms with E-state index in [1.807, 2.05) is 6.92 Å². The molecule has 0 atom stereocenters. The van der Waals surface area contributed by atoms with Crippen molar-refractivity contribution >= 4 is 17.5 Å². The molecule has 0 saturated heterocycles. The summed E-state index contributed by atoms with van der Waals surface area (Å²) in [6, 6.07) is 1.20. The highest BCUT2D eigenvalue weighted by Gasteiger charge is 2.13. The average molecular weight is 302 g/mol. The van der Waals surface area contributed by atoms with Gasteiger partial charge in [0, 0.05) is 25.2 Å². The van der Waals surface area contributed by atoms with E-state index in [0.717, 1.165) is 6.54 Å². The fraction of sp³-hybridized carbons (Fsp3) is 0.769. The number of nitrogens with zero attached hydrogens (tertiary/aromatic N) is 4. The van der Waals surface area contributed by atoms with Crippen molar-refractivity contribution < 1.29 is 4.74 Å². The predicted octanol–water partition coefficient (Wildman–Crippen LogP) is 2.45. The lowest BCUT2D eigenvalue weighted by atomic mass is 10.2. The first kappa shape index (κ1) is 16.9. The van der Waals surface area contributed by atoms with Gasteiger partial charge in [0.2, 0.25) is 11.2 Å². The third-order valence-electron chi connectivity index (χ3n) is 2.83. The minimum atomic E-state index is 0.135. The second-order valence-corrected chi connectivity index (χ2v) is 5.35. The van der Waals surface area contributed by atoms with E-state index in [-0.39, 0.29) is 11.3 Å². The van der Waals surface area contributed by atoms with Gasteiger partial charge in [0.05, 0.1) is 0 Å². The lowest BCUT2D eigenvalue weighted by Gasteiger charge is -2.30. The number of hydrogen-bond donors (Lipinski definition) is 1. The smallest absolute Gasteiger partial charge is 0.322 e. The molecule has 0 aliphatic rings. The third kappa shape index (κ3) is 5.46. The maximum atomic E-state index is 5.84. The predicted molar refractivity (Wildman–Crippen MR) is 81.5 cm³/mol. The van der Waals surface area contributed by atoms with E-state index in [1.54, 1.807) is 0 Å². The summed E-state index contributed by atoms with van der Waals surface area (Å²) in [5.41, 5.74) is 0. The number of halogens is 1. The number of nitrogens with one attached hydrogen (secondary N) is 1. The number of ether oxygens (including phenoxy) is 1. The molecule has 7 heteroatoms. The zero-order chi connectivity index (χ0) is 15.1. The fourth-order valence-electron chi connectivity index (χ4n) is 1.99. The molecule has 1 N–H and O–H groups in total. The Kier molecular flexibility index (Phi) is 6.95. The quantitative estimate of drug-likeness (QED) is 0.796. The molecule has 0 fully saturated rings. The highest BCUT2D eigenvalue weighted by molar-refractivity contribution is 6.28. The van der Waals surface area contributed by atoms with Crippen LogP contribution in [0.3, 0.4) is 0 Å². The molecule has 1 heterocycles. The highest BCUT2D eigenvalue weighted by Crippen LogP contribution is 2.11. The third-order valence-corrected chi connectivity index (χ3v) is 3.00. The van der Waals surface area contributed by atoms with Crippen molar-refractivity contribution in [3.8, 4) is 6.01 Å². The van der Waals surface area contributed by atoms with E-state index in [4.69, 9.17) is 16.3 Å². The van der Waals surface area contributed by atoms with Crippen LogP contribution < -0.4 is 10.1 Å². The van der Waals surface area contributed by atoms with Gasteiger partial charge < -0.3 is 10.1 Å². The summed E-state index contributed by atoms with van der Waals surface area (Å²) in [4.78, 5) is 14.4. The van der Waals surface area contributed by atoms with Crippen LogP contribution in [-0.2, 0) is 0 Å². The van der Waals surface area contributed by atoms with Gasteiger partial charge in [-0.25, -0.2) is 0 Å². The van der Waals surface area contributed by atoms with Crippen LogP contribution in [0.25, 0.3) is 0 Å². The molecule has 6 nitrogen and oxygen atoms in total. The van der Waals surface area contributed by atoms with E-state index >= 15 is 0 Å². The lowest BCUT2D eigenvalue weighted by molar-refractivity contribution is 0.138. The Hall–Kier alpha value is -1.14. The van der Waals surface area contributed by atoms with Gasteiger partial charge in [0.15, 0.2) is 0 Å². The minimum absolute atomic E-state index is 0.135. The summed E-state index contributed by atoms with van der Waals surface area (Å²) < 4.78 is 5.58. The summed E-state index contributed by atoms with van der Waals surface area (Å²) >= 11 is 5.84. The second-order valence-electron chi connectivity index (χ2n) is 5.01. The van der Waals surface area contributed by atoms with Crippen molar-refractivity contribution in [3.05, 3.63) is 5.28 Å². The van der Waals surface area contributed by atoms with E-state index in [9.17, 15) is 0 Å². The van der Waals surface area contributed by atoms with E-state index in [0.29, 0.717) is 31.2 Å². The summed E-state index contributed by atoms with van der Waals surface area (Å²) in [6.45, 7) is 12.7. The Morgan fingerprint density at radius 2 is 1.80 bits per heavy atom. The maximum Gasteiger partial charge on any atom is 0.322 e. The van der Waals surface area contributed by atoms with Gasteiger partial charge in [-0.05, 0) is 46.2 Å². The van der Waals surface area contributed by atoms with Gasteiger partial charge in [-0.15, -0.1) is 0 Å². The van der Waals surface area contributed by atoms with Crippen LogP contribution in [0, 0.1) is 0 Å². The minimum Gasteiger partial charge on any atom is -0.462 e. The molecule has 0 spiro atoms. The van der Waals surface area contributed by atoms with Crippen LogP contribution in [0.4, 0.5) is 5.95 Å². The first-order chi connectivity index (χ1) is 9.43. The molecular weight excluding hydrogens is 278 g/mol. The molecule has 1 aromatic rings.